The minimum Gasteiger partial charge on any atom is -0.478 e. The van der Waals surface area contributed by atoms with Gasteiger partial charge >= 0.3 is 5.97 Å². The maximum atomic E-state index is 11.0. The van der Waals surface area contributed by atoms with E-state index in [-0.39, 0.29) is 0 Å². The number of carboxylic acids is 1. The van der Waals surface area contributed by atoms with E-state index in [1.165, 1.54) is 0 Å². The minimum atomic E-state index is -0.894. The van der Waals surface area contributed by atoms with E-state index in [0.717, 1.165) is 29.4 Å². The van der Waals surface area contributed by atoms with Crippen molar-refractivity contribution in [3.63, 3.8) is 0 Å². The molecule has 0 atom stereocenters. The zero-order valence-electron chi connectivity index (χ0n) is 9.81. The maximum absolute atomic E-state index is 11.0. The molecule has 0 fully saturated rings. The number of carboxylic acid groups (broad SMARTS) is 1. The molecule has 0 amide bonds. The lowest BCUT2D eigenvalue weighted by atomic mass is 10.1. The lowest BCUT2D eigenvalue weighted by Gasteiger charge is -2.00. The van der Waals surface area contributed by atoms with Gasteiger partial charge in [0.1, 0.15) is 0 Å². The van der Waals surface area contributed by atoms with Crippen LogP contribution in [0.1, 0.15) is 22.8 Å². The van der Waals surface area contributed by atoms with Crippen LogP contribution in [0.25, 0.3) is 10.9 Å². The second-order valence-corrected chi connectivity index (χ2v) is 4.02. The molecule has 90 valence electrons. The zero-order valence-corrected chi connectivity index (χ0v) is 9.81. The van der Waals surface area contributed by atoms with Crippen molar-refractivity contribution in [1.82, 2.24) is 4.57 Å². The summed E-state index contributed by atoms with van der Waals surface area (Å²) in [5.74, 6) is -0.894. The van der Waals surface area contributed by atoms with Gasteiger partial charge in [-0.15, -0.1) is 0 Å². The van der Waals surface area contributed by atoms with Crippen LogP contribution in [-0.2, 0) is 13.0 Å². The second kappa shape index (κ2) is 4.59. The van der Waals surface area contributed by atoms with Crippen molar-refractivity contribution in [2.24, 2.45) is 5.73 Å². The van der Waals surface area contributed by atoms with Crippen LogP contribution in [0.4, 0.5) is 0 Å². The molecule has 0 unspecified atom stereocenters. The highest BCUT2D eigenvalue weighted by Crippen LogP contribution is 2.23. The number of hydrogen-bond acceptors (Lipinski definition) is 2. The van der Waals surface area contributed by atoms with E-state index >= 15 is 0 Å². The van der Waals surface area contributed by atoms with E-state index in [2.05, 4.69) is 17.7 Å². The number of benzene rings is 1. The molecule has 1 aromatic carbocycles. The van der Waals surface area contributed by atoms with E-state index in [4.69, 9.17) is 10.8 Å². The Bertz CT molecular complexity index is 558. The molecule has 1 aromatic heterocycles. The Hall–Kier alpha value is -1.81. The van der Waals surface area contributed by atoms with E-state index < -0.39 is 5.97 Å². The lowest BCUT2D eigenvalue weighted by molar-refractivity contribution is 0.0697. The molecule has 4 nitrogen and oxygen atoms in total. The van der Waals surface area contributed by atoms with Crippen LogP contribution in [0.2, 0.25) is 0 Å². The Kier molecular flexibility index (Phi) is 3.15. The first kappa shape index (κ1) is 11.7. The van der Waals surface area contributed by atoms with Crippen molar-refractivity contribution in [1.29, 1.82) is 0 Å². The highest BCUT2D eigenvalue weighted by atomic mass is 16.4. The third kappa shape index (κ3) is 2.03. The molecule has 0 spiro atoms. The third-order valence-corrected chi connectivity index (χ3v) is 2.96. The Morgan fingerprint density at radius 3 is 2.82 bits per heavy atom. The van der Waals surface area contributed by atoms with Crippen LogP contribution >= 0.6 is 0 Å². The van der Waals surface area contributed by atoms with Gasteiger partial charge in [0.2, 0.25) is 0 Å². The van der Waals surface area contributed by atoms with Crippen molar-refractivity contribution in [2.45, 2.75) is 19.9 Å². The van der Waals surface area contributed by atoms with Crippen LogP contribution < -0.4 is 5.73 Å². The molecule has 4 heteroatoms. The predicted molar refractivity (Wildman–Crippen MR) is 67.3 cm³/mol. The maximum Gasteiger partial charge on any atom is 0.335 e. The van der Waals surface area contributed by atoms with Gasteiger partial charge in [0, 0.05) is 23.6 Å². The van der Waals surface area contributed by atoms with Crippen molar-refractivity contribution in [2.75, 3.05) is 6.54 Å². The first-order valence-electron chi connectivity index (χ1n) is 5.72. The van der Waals surface area contributed by atoms with E-state index in [1.807, 2.05) is 6.07 Å². The second-order valence-electron chi connectivity index (χ2n) is 4.02. The summed E-state index contributed by atoms with van der Waals surface area (Å²) in [6.45, 7) is 3.50. The van der Waals surface area contributed by atoms with Gasteiger partial charge in [-0.2, -0.15) is 0 Å². The van der Waals surface area contributed by atoms with Crippen LogP contribution in [0, 0.1) is 0 Å². The molecule has 0 aliphatic heterocycles. The Labute approximate surface area is 99.7 Å². The van der Waals surface area contributed by atoms with E-state index in [0.29, 0.717) is 12.1 Å². The smallest absolute Gasteiger partial charge is 0.335 e. The van der Waals surface area contributed by atoms with E-state index in [1.54, 1.807) is 12.1 Å². The summed E-state index contributed by atoms with van der Waals surface area (Å²) >= 11 is 0. The SMILES string of the molecule is CCn1cc(CCN)c2cc(C(=O)O)ccc21. The molecule has 17 heavy (non-hydrogen) atoms. The van der Waals surface area contributed by atoms with Gasteiger partial charge in [-0.1, -0.05) is 0 Å². The van der Waals surface area contributed by atoms with Gasteiger partial charge in [-0.05, 0) is 43.7 Å². The molecule has 0 aliphatic carbocycles. The molecule has 0 radical (unpaired) electrons. The van der Waals surface area contributed by atoms with Crippen molar-refractivity contribution >= 4 is 16.9 Å². The average molecular weight is 232 g/mol. The Morgan fingerprint density at radius 1 is 1.47 bits per heavy atom. The lowest BCUT2D eigenvalue weighted by Crippen LogP contribution is -2.02. The summed E-state index contributed by atoms with van der Waals surface area (Å²) in [6.07, 6.45) is 2.83. The zero-order chi connectivity index (χ0) is 12.4. The molecule has 3 N–H and O–H groups in total. The summed E-state index contributed by atoms with van der Waals surface area (Å²) < 4.78 is 2.12. The number of carbonyl (C=O) groups is 1. The molecule has 1 heterocycles. The van der Waals surface area contributed by atoms with Gasteiger partial charge < -0.3 is 15.4 Å². The number of hydrogen-bond donors (Lipinski definition) is 2. The van der Waals surface area contributed by atoms with Crippen LogP contribution in [0.15, 0.2) is 24.4 Å². The van der Waals surface area contributed by atoms with E-state index in [9.17, 15) is 4.79 Å². The van der Waals surface area contributed by atoms with Crippen LogP contribution in [0.5, 0.6) is 0 Å². The first-order valence-corrected chi connectivity index (χ1v) is 5.72. The number of aromatic nitrogens is 1. The summed E-state index contributed by atoms with van der Waals surface area (Å²) in [5.41, 5.74) is 8.09. The van der Waals surface area contributed by atoms with Crippen molar-refractivity contribution in [3.8, 4) is 0 Å². The van der Waals surface area contributed by atoms with Gasteiger partial charge in [0.25, 0.3) is 0 Å². The number of aryl methyl sites for hydroxylation is 1. The molecule has 0 saturated carbocycles. The number of nitrogens with two attached hydrogens (primary N) is 1. The molecular weight excluding hydrogens is 216 g/mol. The number of fused-ring (bicyclic) bond motifs is 1. The summed E-state index contributed by atoms with van der Waals surface area (Å²) in [4.78, 5) is 11.0. The fourth-order valence-electron chi connectivity index (χ4n) is 2.12. The van der Waals surface area contributed by atoms with Gasteiger partial charge in [-0.3, -0.25) is 0 Å². The van der Waals surface area contributed by atoms with Gasteiger partial charge in [-0.25, -0.2) is 4.79 Å². The standard InChI is InChI=1S/C13H16N2O2/c1-2-15-8-10(5-6-14)11-7-9(13(16)17)3-4-12(11)15/h3-4,7-8H,2,5-6,14H2,1H3,(H,16,17). The van der Waals surface area contributed by atoms with Gasteiger partial charge in [0.05, 0.1) is 5.56 Å². The fourth-order valence-corrected chi connectivity index (χ4v) is 2.12. The Balaban J connectivity index is 2.64. The van der Waals surface area contributed by atoms with Crippen molar-refractivity contribution < 1.29 is 9.90 Å². The third-order valence-electron chi connectivity index (χ3n) is 2.96. The summed E-state index contributed by atoms with van der Waals surface area (Å²) in [5, 5.41) is 9.99. The predicted octanol–water partition coefficient (Wildman–Crippen LogP) is 1.86. The largest absolute Gasteiger partial charge is 0.478 e. The number of rotatable bonds is 4. The van der Waals surface area contributed by atoms with Crippen LogP contribution in [-0.4, -0.2) is 22.2 Å². The molecule has 0 aliphatic rings. The highest BCUT2D eigenvalue weighted by Gasteiger charge is 2.10. The minimum absolute atomic E-state index is 0.324. The highest BCUT2D eigenvalue weighted by molar-refractivity contribution is 5.95. The average Bonchev–Trinajstić information content (AvgIpc) is 2.67. The topological polar surface area (TPSA) is 68.2 Å². The molecule has 2 rings (SSSR count). The quantitative estimate of drug-likeness (QED) is 0.845. The summed E-state index contributed by atoms with van der Waals surface area (Å²) in [7, 11) is 0. The molecular formula is C13H16N2O2. The normalized spacial score (nSPS) is 10.9. The number of aromatic carboxylic acids is 1. The molecule has 2 aromatic rings. The first-order chi connectivity index (χ1) is 8.17. The number of nitrogens with zero attached hydrogens (tertiary/aromatic N) is 1. The fraction of sp³-hybridized carbons (Fsp3) is 0.308. The monoisotopic (exact) mass is 232 g/mol. The molecule has 0 saturated heterocycles. The van der Waals surface area contributed by atoms with Crippen molar-refractivity contribution in [3.05, 3.63) is 35.5 Å². The Morgan fingerprint density at radius 2 is 2.24 bits per heavy atom. The van der Waals surface area contributed by atoms with Crippen LogP contribution in [0.3, 0.4) is 0 Å². The summed E-state index contributed by atoms with van der Waals surface area (Å²) in [6, 6.07) is 5.24. The molecule has 0 bridgehead atoms. The van der Waals surface area contributed by atoms with Gasteiger partial charge in [0.15, 0.2) is 0 Å².